The smallest absolute Gasteiger partial charge is 0.246 e. The highest BCUT2D eigenvalue weighted by Gasteiger charge is 2.38. The Morgan fingerprint density at radius 1 is 1.30 bits per heavy atom. The molecule has 4 nitrogen and oxygen atoms in total. The highest BCUT2D eigenvalue weighted by atomic mass is 32.2. The molecule has 20 heavy (non-hydrogen) atoms. The number of hydrogen-bond acceptors (Lipinski definition) is 5. The van der Waals surface area contributed by atoms with Crippen LogP contribution < -0.4 is 5.32 Å². The Bertz CT molecular complexity index is 423. The molecule has 2 aliphatic rings. The Hall–Kier alpha value is -0.550. The Morgan fingerprint density at radius 2 is 2.15 bits per heavy atom. The molecule has 1 N–H and O–H groups in total. The summed E-state index contributed by atoms with van der Waals surface area (Å²) in [5, 5.41) is 8.54. The average Bonchev–Trinajstić information content (AvgIpc) is 3.16. The van der Waals surface area contributed by atoms with Gasteiger partial charge in [0.25, 0.3) is 0 Å². The molecule has 2 fully saturated rings. The fraction of sp³-hybridized carbons (Fsp3) is 0.867. The molecule has 5 heteroatoms. The Balaban J connectivity index is 1.58. The van der Waals surface area contributed by atoms with Gasteiger partial charge in [0.05, 0.1) is 11.3 Å². The van der Waals surface area contributed by atoms with E-state index in [0.29, 0.717) is 0 Å². The average molecular weight is 295 g/mol. The van der Waals surface area contributed by atoms with Crippen LogP contribution >= 0.6 is 11.8 Å². The number of thioether (sulfide) groups is 1. The SMILES string of the molecule is CCC1(c2nc(CSC3CCCCC3)no2)CCCN1. The number of nitrogens with one attached hydrogen (secondary N) is 1. The molecule has 1 aliphatic heterocycles. The molecule has 1 atom stereocenters. The third kappa shape index (κ3) is 3.03. The van der Waals surface area contributed by atoms with Crippen molar-refractivity contribution in [3.63, 3.8) is 0 Å². The third-order valence-corrected chi connectivity index (χ3v) is 6.09. The lowest BCUT2D eigenvalue weighted by atomic mass is 9.94. The molecule has 1 saturated heterocycles. The first-order valence-electron chi connectivity index (χ1n) is 8.02. The van der Waals surface area contributed by atoms with E-state index in [-0.39, 0.29) is 5.54 Å². The van der Waals surface area contributed by atoms with Crippen molar-refractivity contribution in [2.24, 2.45) is 0 Å². The van der Waals surface area contributed by atoms with Crippen LogP contribution in [0.2, 0.25) is 0 Å². The first-order chi connectivity index (χ1) is 9.82. The van der Waals surface area contributed by atoms with Crippen LogP contribution in [0.15, 0.2) is 4.52 Å². The van der Waals surface area contributed by atoms with Crippen LogP contribution in [0, 0.1) is 0 Å². The fourth-order valence-electron chi connectivity index (χ4n) is 3.37. The Morgan fingerprint density at radius 3 is 2.85 bits per heavy atom. The van der Waals surface area contributed by atoms with Gasteiger partial charge in [0.1, 0.15) is 0 Å². The zero-order valence-corrected chi connectivity index (χ0v) is 13.2. The molecule has 1 unspecified atom stereocenters. The summed E-state index contributed by atoms with van der Waals surface area (Å²) in [6.45, 7) is 3.25. The van der Waals surface area contributed by atoms with E-state index in [0.717, 1.165) is 42.1 Å². The molecule has 3 rings (SSSR count). The summed E-state index contributed by atoms with van der Waals surface area (Å²) in [6.07, 6.45) is 10.2. The van der Waals surface area contributed by atoms with Gasteiger partial charge in [0.15, 0.2) is 5.82 Å². The van der Waals surface area contributed by atoms with Gasteiger partial charge in [-0.15, -0.1) is 0 Å². The third-order valence-electron chi connectivity index (χ3n) is 4.73. The zero-order valence-electron chi connectivity index (χ0n) is 12.4. The Kier molecular flexibility index (Phi) is 4.66. The summed E-state index contributed by atoms with van der Waals surface area (Å²) < 4.78 is 5.55. The number of aromatic nitrogens is 2. The summed E-state index contributed by atoms with van der Waals surface area (Å²) in [5.74, 6) is 2.57. The van der Waals surface area contributed by atoms with E-state index in [1.54, 1.807) is 0 Å². The lowest BCUT2D eigenvalue weighted by molar-refractivity contribution is 0.249. The van der Waals surface area contributed by atoms with Gasteiger partial charge < -0.3 is 9.84 Å². The minimum absolute atomic E-state index is 0.0548. The number of nitrogens with zero attached hydrogens (tertiary/aromatic N) is 2. The molecule has 1 aromatic heterocycles. The van der Waals surface area contributed by atoms with Crippen LogP contribution in [0.3, 0.4) is 0 Å². The highest BCUT2D eigenvalue weighted by Crippen LogP contribution is 2.34. The molecule has 0 radical (unpaired) electrons. The highest BCUT2D eigenvalue weighted by molar-refractivity contribution is 7.99. The lowest BCUT2D eigenvalue weighted by Crippen LogP contribution is -2.36. The van der Waals surface area contributed by atoms with Crippen LogP contribution in [0.5, 0.6) is 0 Å². The second kappa shape index (κ2) is 6.48. The van der Waals surface area contributed by atoms with E-state index < -0.39 is 0 Å². The largest absolute Gasteiger partial charge is 0.337 e. The van der Waals surface area contributed by atoms with Gasteiger partial charge in [-0.2, -0.15) is 16.7 Å². The van der Waals surface area contributed by atoms with E-state index >= 15 is 0 Å². The second-order valence-corrected chi connectivity index (χ2v) is 7.34. The minimum atomic E-state index is -0.0548. The van der Waals surface area contributed by atoms with Crippen LogP contribution in [-0.2, 0) is 11.3 Å². The van der Waals surface area contributed by atoms with Gasteiger partial charge >= 0.3 is 0 Å². The first kappa shape index (κ1) is 14.4. The van der Waals surface area contributed by atoms with Gasteiger partial charge in [-0.1, -0.05) is 31.3 Å². The predicted octanol–water partition coefficient (Wildman–Crippen LogP) is 3.62. The van der Waals surface area contributed by atoms with E-state index in [1.807, 2.05) is 11.8 Å². The van der Waals surface area contributed by atoms with Crippen LogP contribution in [0.4, 0.5) is 0 Å². The van der Waals surface area contributed by atoms with Crippen molar-refractivity contribution >= 4 is 11.8 Å². The molecule has 0 spiro atoms. The predicted molar refractivity (Wildman–Crippen MR) is 81.7 cm³/mol. The maximum absolute atomic E-state index is 5.55. The van der Waals surface area contributed by atoms with Crippen molar-refractivity contribution in [3.05, 3.63) is 11.7 Å². The molecule has 0 bridgehead atoms. The van der Waals surface area contributed by atoms with Crippen molar-refractivity contribution in [1.82, 2.24) is 15.5 Å². The maximum atomic E-state index is 5.55. The molecular formula is C15H25N3OS. The van der Waals surface area contributed by atoms with Crippen molar-refractivity contribution in [2.75, 3.05) is 6.54 Å². The normalized spacial score (nSPS) is 28.1. The Labute approximate surface area is 125 Å². The second-order valence-electron chi connectivity index (χ2n) is 6.05. The fourth-order valence-corrected chi connectivity index (χ4v) is 4.54. The van der Waals surface area contributed by atoms with E-state index in [9.17, 15) is 0 Å². The van der Waals surface area contributed by atoms with E-state index in [1.165, 1.54) is 38.5 Å². The van der Waals surface area contributed by atoms with E-state index in [2.05, 4.69) is 22.4 Å². The molecule has 0 aromatic carbocycles. The standard InChI is InChI=1S/C15H25N3OS/c1-2-15(9-6-10-16-15)14-17-13(18-19-14)11-20-12-7-4-3-5-8-12/h12,16H,2-11H2,1H3. The zero-order chi connectivity index (χ0) is 13.8. The summed E-state index contributed by atoms with van der Waals surface area (Å²) in [7, 11) is 0. The molecule has 112 valence electrons. The molecule has 2 heterocycles. The summed E-state index contributed by atoms with van der Waals surface area (Å²) in [4.78, 5) is 4.66. The first-order valence-corrected chi connectivity index (χ1v) is 9.07. The molecule has 1 aliphatic carbocycles. The van der Waals surface area contributed by atoms with Crippen LogP contribution in [0.25, 0.3) is 0 Å². The number of hydrogen-bond donors (Lipinski definition) is 1. The van der Waals surface area contributed by atoms with Crippen molar-refractivity contribution in [1.29, 1.82) is 0 Å². The number of rotatable bonds is 5. The van der Waals surface area contributed by atoms with Gasteiger partial charge in [-0.3, -0.25) is 0 Å². The van der Waals surface area contributed by atoms with Gasteiger partial charge in [-0.25, -0.2) is 0 Å². The monoisotopic (exact) mass is 295 g/mol. The lowest BCUT2D eigenvalue weighted by Gasteiger charge is -2.22. The van der Waals surface area contributed by atoms with Crippen molar-refractivity contribution in [3.8, 4) is 0 Å². The molecular weight excluding hydrogens is 270 g/mol. The minimum Gasteiger partial charge on any atom is -0.337 e. The van der Waals surface area contributed by atoms with Gasteiger partial charge in [0, 0.05) is 5.25 Å². The van der Waals surface area contributed by atoms with Crippen molar-refractivity contribution in [2.45, 2.75) is 74.8 Å². The summed E-state index contributed by atoms with van der Waals surface area (Å²) >= 11 is 2.01. The summed E-state index contributed by atoms with van der Waals surface area (Å²) in [5.41, 5.74) is -0.0548. The topological polar surface area (TPSA) is 51.0 Å². The molecule has 1 aromatic rings. The van der Waals surface area contributed by atoms with Crippen LogP contribution in [0.1, 0.15) is 70.0 Å². The molecule has 0 amide bonds. The van der Waals surface area contributed by atoms with E-state index in [4.69, 9.17) is 4.52 Å². The summed E-state index contributed by atoms with van der Waals surface area (Å²) in [6, 6.07) is 0. The molecule has 1 saturated carbocycles. The van der Waals surface area contributed by atoms with Gasteiger partial charge in [0.2, 0.25) is 5.89 Å². The van der Waals surface area contributed by atoms with Gasteiger partial charge in [-0.05, 0) is 38.6 Å². The maximum Gasteiger partial charge on any atom is 0.246 e. The van der Waals surface area contributed by atoms with Crippen LogP contribution in [-0.4, -0.2) is 21.9 Å². The quantitative estimate of drug-likeness (QED) is 0.899. The van der Waals surface area contributed by atoms with Crippen molar-refractivity contribution < 1.29 is 4.52 Å².